The number of nitrogens with two attached hydrogens (primary N) is 1. The van der Waals surface area contributed by atoms with Crippen molar-refractivity contribution in [1.82, 2.24) is 5.32 Å². The van der Waals surface area contributed by atoms with E-state index in [1.54, 1.807) is 6.07 Å². The van der Waals surface area contributed by atoms with Crippen molar-refractivity contribution in [1.29, 1.82) is 0 Å². The van der Waals surface area contributed by atoms with Gasteiger partial charge in [0.25, 0.3) is 5.91 Å². The molecule has 3 aromatic carbocycles. The highest BCUT2D eigenvalue weighted by Crippen LogP contribution is 2.33. The summed E-state index contributed by atoms with van der Waals surface area (Å²) in [6, 6.07) is 18.9. The minimum Gasteiger partial charge on any atom is -0.467 e. The molecular weight excluding hydrogens is 446 g/mol. The molecule has 1 unspecified atom stereocenters. The fraction of sp³-hybridized carbons (Fsp3) is 0.333. The van der Waals surface area contributed by atoms with E-state index in [9.17, 15) is 9.59 Å². The van der Waals surface area contributed by atoms with Crippen LogP contribution in [0.4, 0.5) is 5.69 Å². The van der Waals surface area contributed by atoms with Crippen LogP contribution >= 0.6 is 12.6 Å². The Hall–Kier alpha value is -3.03. The Balaban J connectivity index is 2.05. The third-order valence-electron chi connectivity index (χ3n) is 5.65. The molecule has 0 saturated heterocycles. The number of thiol groups is 1. The van der Waals surface area contributed by atoms with Crippen molar-refractivity contribution in [2.75, 3.05) is 24.7 Å². The van der Waals surface area contributed by atoms with Crippen molar-refractivity contribution in [2.45, 2.75) is 32.4 Å². The monoisotopic (exact) mass is 479 g/mol. The van der Waals surface area contributed by atoms with E-state index >= 15 is 0 Å². The second-order valence-corrected chi connectivity index (χ2v) is 9.15. The van der Waals surface area contributed by atoms with E-state index in [1.807, 2.05) is 68.4 Å². The van der Waals surface area contributed by atoms with Gasteiger partial charge in [0.1, 0.15) is 6.04 Å². The van der Waals surface area contributed by atoms with Crippen molar-refractivity contribution >= 4 is 41.0 Å². The molecule has 1 amide bonds. The van der Waals surface area contributed by atoms with E-state index in [0.29, 0.717) is 24.3 Å². The molecule has 3 aromatic rings. The molecule has 0 saturated carbocycles. The largest absolute Gasteiger partial charge is 0.467 e. The summed E-state index contributed by atoms with van der Waals surface area (Å²) >= 11 is 4.25. The van der Waals surface area contributed by atoms with E-state index in [-0.39, 0.29) is 17.9 Å². The van der Waals surface area contributed by atoms with Crippen LogP contribution < -0.4 is 16.4 Å². The summed E-state index contributed by atoms with van der Waals surface area (Å²) in [4.78, 5) is 25.8. The fourth-order valence-corrected chi connectivity index (χ4v) is 4.04. The zero-order valence-electron chi connectivity index (χ0n) is 19.9. The topological polar surface area (TPSA) is 93.4 Å². The number of carbonyl (C=O) groups is 2. The molecule has 0 radical (unpaired) electrons. The lowest BCUT2D eigenvalue weighted by molar-refractivity contribution is -0.143. The molecule has 0 aliphatic carbocycles. The first-order valence-electron chi connectivity index (χ1n) is 11.4. The second kappa shape index (κ2) is 11.9. The molecule has 2 atom stereocenters. The van der Waals surface area contributed by atoms with E-state index in [0.717, 1.165) is 27.6 Å². The summed E-state index contributed by atoms with van der Waals surface area (Å²) < 4.78 is 4.92. The SMILES string of the molecule is COC(=O)C(CC(C)C)NC(=O)c1ccc(NC[C@@H](N)CS)cc1-c1cccc2ccccc12. The number of nitrogens with one attached hydrogen (secondary N) is 2. The van der Waals surface area contributed by atoms with Crippen LogP contribution in [0.15, 0.2) is 60.7 Å². The summed E-state index contributed by atoms with van der Waals surface area (Å²) in [6.07, 6.45) is 0.489. The van der Waals surface area contributed by atoms with Crippen LogP contribution in [0.5, 0.6) is 0 Å². The van der Waals surface area contributed by atoms with Gasteiger partial charge >= 0.3 is 5.97 Å². The summed E-state index contributed by atoms with van der Waals surface area (Å²) in [5.41, 5.74) is 9.05. The van der Waals surface area contributed by atoms with Crippen molar-refractivity contribution in [3.8, 4) is 11.1 Å². The molecule has 34 heavy (non-hydrogen) atoms. The molecular formula is C27H33N3O3S. The summed E-state index contributed by atoms with van der Waals surface area (Å²) in [5.74, 6) is 0.00368. The van der Waals surface area contributed by atoms with Gasteiger partial charge in [0.05, 0.1) is 7.11 Å². The summed E-state index contributed by atoms with van der Waals surface area (Å²) in [5, 5.41) is 8.34. The number of esters is 1. The number of anilines is 1. The molecule has 0 aliphatic rings. The molecule has 0 spiro atoms. The zero-order chi connectivity index (χ0) is 24.7. The van der Waals surface area contributed by atoms with Crippen LogP contribution in [0.3, 0.4) is 0 Å². The Bertz CT molecular complexity index is 1140. The van der Waals surface area contributed by atoms with Crippen LogP contribution in [-0.2, 0) is 9.53 Å². The highest BCUT2D eigenvalue weighted by atomic mass is 32.1. The number of fused-ring (bicyclic) bond motifs is 1. The Morgan fingerprint density at radius 2 is 1.76 bits per heavy atom. The van der Waals surface area contributed by atoms with E-state index in [2.05, 4.69) is 23.3 Å². The number of methoxy groups -OCH3 is 1. The Labute approximate surface area is 206 Å². The number of hydrogen-bond donors (Lipinski definition) is 4. The van der Waals surface area contributed by atoms with Gasteiger partial charge in [-0.1, -0.05) is 56.3 Å². The van der Waals surface area contributed by atoms with Crippen LogP contribution in [0.1, 0.15) is 30.6 Å². The maximum atomic E-state index is 13.4. The Morgan fingerprint density at radius 3 is 2.47 bits per heavy atom. The van der Waals surface area contributed by atoms with Gasteiger partial charge in [-0.3, -0.25) is 4.79 Å². The molecule has 0 heterocycles. The number of ether oxygens (including phenoxy) is 1. The number of benzene rings is 3. The first-order chi connectivity index (χ1) is 16.3. The van der Waals surface area contributed by atoms with Gasteiger partial charge in [0.2, 0.25) is 0 Å². The average Bonchev–Trinajstić information content (AvgIpc) is 2.85. The Morgan fingerprint density at radius 1 is 1.03 bits per heavy atom. The van der Waals surface area contributed by atoms with E-state index < -0.39 is 12.0 Å². The predicted molar refractivity (Wildman–Crippen MR) is 142 cm³/mol. The standard InChI is InChI=1S/C27H33N3O3S/c1-17(2)13-25(27(32)33-3)30-26(31)23-12-11-20(29-15-19(28)16-34)14-24(23)22-10-6-8-18-7-4-5-9-21(18)22/h4-12,14,17,19,25,29,34H,13,15-16,28H2,1-3H3,(H,30,31)/t19-,25?/m1/s1. The lowest BCUT2D eigenvalue weighted by Gasteiger charge is -2.20. The van der Waals surface area contributed by atoms with Crippen LogP contribution in [0.25, 0.3) is 21.9 Å². The van der Waals surface area contributed by atoms with Gasteiger partial charge in [-0.2, -0.15) is 12.6 Å². The number of carbonyl (C=O) groups excluding carboxylic acids is 2. The highest BCUT2D eigenvalue weighted by Gasteiger charge is 2.25. The predicted octanol–water partition coefficient (Wildman–Crippen LogP) is 4.49. The van der Waals surface area contributed by atoms with Crippen LogP contribution in [0.2, 0.25) is 0 Å². The smallest absolute Gasteiger partial charge is 0.328 e. The third kappa shape index (κ3) is 6.30. The first kappa shape index (κ1) is 25.6. The van der Waals surface area contributed by atoms with Gasteiger partial charge in [-0.05, 0) is 52.4 Å². The lowest BCUT2D eigenvalue weighted by Crippen LogP contribution is -2.42. The summed E-state index contributed by atoms with van der Waals surface area (Å²) in [6.45, 7) is 4.56. The normalized spacial score (nSPS) is 12.9. The van der Waals surface area contributed by atoms with Gasteiger partial charge in [-0.25, -0.2) is 4.79 Å². The molecule has 0 aromatic heterocycles. The van der Waals surface area contributed by atoms with Crippen molar-refractivity contribution in [2.24, 2.45) is 11.7 Å². The quantitative estimate of drug-likeness (QED) is 0.254. The minimum absolute atomic E-state index is 0.0934. The van der Waals surface area contributed by atoms with Crippen LogP contribution in [0, 0.1) is 5.92 Å². The number of hydrogen-bond acceptors (Lipinski definition) is 6. The molecule has 0 fully saturated rings. The van der Waals surface area contributed by atoms with Crippen molar-refractivity contribution < 1.29 is 14.3 Å². The molecule has 7 heteroatoms. The molecule has 3 rings (SSSR count). The minimum atomic E-state index is -0.718. The first-order valence-corrected chi connectivity index (χ1v) is 12.1. The third-order valence-corrected chi connectivity index (χ3v) is 6.11. The molecule has 0 aliphatic heterocycles. The van der Waals surface area contributed by atoms with Gasteiger partial charge in [-0.15, -0.1) is 0 Å². The van der Waals surface area contributed by atoms with Crippen molar-refractivity contribution in [3.05, 3.63) is 66.2 Å². The zero-order valence-corrected chi connectivity index (χ0v) is 20.8. The number of rotatable bonds is 10. The summed E-state index contributed by atoms with van der Waals surface area (Å²) in [7, 11) is 1.33. The van der Waals surface area contributed by atoms with Gasteiger partial charge < -0.3 is 21.1 Å². The fourth-order valence-electron chi connectivity index (χ4n) is 3.91. The molecule has 6 nitrogen and oxygen atoms in total. The lowest BCUT2D eigenvalue weighted by atomic mass is 9.93. The maximum Gasteiger partial charge on any atom is 0.328 e. The Kier molecular flexibility index (Phi) is 8.96. The van der Waals surface area contributed by atoms with Gasteiger partial charge in [0, 0.05) is 29.6 Å². The average molecular weight is 480 g/mol. The molecule has 4 N–H and O–H groups in total. The van der Waals surface area contributed by atoms with Crippen LogP contribution in [-0.4, -0.2) is 43.4 Å². The maximum absolute atomic E-state index is 13.4. The number of amides is 1. The van der Waals surface area contributed by atoms with Gasteiger partial charge in [0.15, 0.2) is 0 Å². The van der Waals surface area contributed by atoms with E-state index in [4.69, 9.17) is 10.5 Å². The van der Waals surface area contributed by atoms with Crippen molar-refractivity contribution in [3.63, 3.8) is 0 Å². The van der Waals surface area contributed by atoms with E-state index in [1.165, 1.54) is 7.11 Å². The molecule has 180 valence electrons. The molecule has 0 bridgehead atoms. The highest BCUT2D eigenvalue weighted by molar-refractivity contribution is 7.80. The second-order valence-electron chi connectivity index (χ2n) is 8.79.